The predicted molar refractivity (Wildman–Crippen MR) is 91.3 cm³/mol. The number of aromatic nitrogens is 2. The van der Waals surface area contributed by atoms with Gasteiger partial charge >= 0.3 is 12.7 Å². The van der Waals surface area contributed by atoms with Crippen molar-refractivity contribution >= 4 is 24.5 Å². The lowest BCUT2D eigenvalue weighted by atomic mass is 10.2. The van der Waals surface area contributed by atoms with Gasteiger partial charge in [-0.3, -0.25) is 0 Å². The molecule has 0 N–H and O–H groups in total. The van der Waals surface area contributed by atoms with Gasteiger partial charge in [0.25, 0.3) is 0 Å². The molecule has 1 aromatic heterocycles. The quantitative estimate of drug-likeness (QED) is 0.545. The van der Waals surface area contributed by atoms with Crippen LogP contribution in [0.15, 0.2) is 36.4 Å². The van der Waals surface area contributed by atoms with Gasteiger partial charge in [-0.25, -0.2) is 9.78 Å². The van der Waals surface area contributed by atoms with Gasteiger partial charge in [0.15, 0.2) is 12.4 Å². The lowest BCUT2D eigenvalue weighted by Gasteiger charge is -2.17. The van der Waals surface area contributed by atoms with E-state index in [-0.39, 0.29) is 12.5 Å². The zero-order chi connectivity index (χ0) is 17.6. The molecule has 0 aliphatic carbocycles. The van der Waals surface area contributed by atoms with Gasteiger partial charge in [-0.1, -0.05) is 18.2 Å². The number of aryl methyl sites for hydroxylation is 1. The van der Waals surface area contributed by atoms with Crippen molar-refractivity contribution in [3.05, 3.63) is 53.5 Å². The van der Waals surface area contributed by atoms with Crippen LogP contribution in [0.1, 0.15) is 21.9 Å². The van der Waals surface area contributed by atoms with Crippen LogP contribution in [0.4, 0.5) is 0 Å². The van der Waals surface area contributed by atoms with Crippen molar-refractivity contribution in [2.24, 2.45) is 0 Å². The zero-order valence-electron chi connectivity index (χ0n) is 13.5. The molecule has 128 valence electrons. The van der Waals surface area contributed by atoms with Gasteiger partial charge in [-0.2, -0.15) is 4.98 Å². The van der Waals surface area contributed by atoms with Crippen molar-refractivity contribution in [3.8, 4) is 5.88 Å². The monoisotopic (exact) mass is 368 g/mol. The van der Waals surface area contributed by atoms with Gasteiger partial charge < -0.3 is 18.3 Å². The maximum Gasteiger partial charge on any atom is 0.381 e. The van der Waals surface area contributed by atoms with E-state index in [0.29, 0.717) is 17.1 Å². The second-order valence-corrected chi connectivity index (χ2v) is 7.76. The van der Waals surface area contributed by atoms with Gasteiger partial charge in [0, 0.05) is 37.8 Å². The van der Waals surface area contributed by atoms with Crippen molar-refractivity contribution in [2.75, 3.05) is 14.2 Å². The third kappa shape index (κ3) is 5.07. The minimum atomic E-state index is -2.89. The molecule has 0 aliphatic rings. The smallest absolute Gasteiger partial charge is 0.381 e. The van der Waals surface area contributed by atoms with Crippen LogP contribution in [0, 0.1) is 6.92 Å². The summed E-state index contributed by atoms with van der Waals surface area (Å²) in [5, 5.41) is 0. The molecule has 2 aromatic rings. The van der Waals surface area contributed by atoms with Gasteiger partial charge in [-0.15, -0.1) is 0 Å². The van der Waals surface area contributed by atoms with Crippen LogP contribution in [-0.4, -0.2) is 30.2 Å². The molecular weight excluding hydrogens is 351 g/mol. The highest BCUT2D eigenvalue weighted by molar-refractivity contribution is 8.07. The Kier molecular flexibility index (Phi) is 6.39. The Labute approximate surface area is 145 Å². The van der Waals surface area contributed by atoms with Crippen LogP contribution in [0.3, 0.4) is 0 Å². The van der Waals surface area contributed by atoms with Crippen LogP contribution in [0.25, 0.3) is 0 Å². The highest BCUT2D eigenvalue weighted by Gasteiger charge is 2.20. The Morgan fingerprint density at radius 3 is 2.46 bits per heavy atom. The maximum absolute atomic E-state index is 11.9. The molecule has 0 atom stereocenters. The fourth-order valence-electron chi connectivity index (χ4n) is 1.76. The fourth-order valence-corrected chi connectivity index (χ4v) is 2.61. The zero-order valence-corrected chi connectivity index (χ0v) is 15.2. The largest absolute Gasteiger partial charge is 0.454 e. The van der Waals surface area contributed by atoms with Crippen LogP contribution in [0.2, 0.25) is 0 Å². The topological polar surface area (TPSA) is 79.8 Å². The first kappa shape index (κ1) is 18.5. The Morgan fingerprint density at radius 2 is 1.83 bits per heavy atom. The second kappa shape index (κ2) is 8.30. The summed E-state index contributed by atoms with van der Waals surface area (Å²) in [6, 6.07) is 10.3. The standard InChI is InChI=1S/C15H17N2O5PS/c1-11-9-14(22-23(24,19-2)20-3)17-13(16-11)10-21-15(18)12-7-5-4-6-8-12/h4-9H,10H2,1-3H3. The first-order chi connectivity index (χ1) is 11.5. The van der Waals surface area contributed by atoms with E-state index in [9.17, 15) is 4.79 Å². The number of ether oxygens (including phenoxy) is 1. The van der Waals surface area contributed by atoms with Gasteiger partial charge in [0.1, 0.15) is 0 Å². The molecule has 1 aromatic carbocycles. The molecule has 9 heteroatoms. The summed E-state index contributed by atoms with van der Waals surface area (Å²) in [4.78, 5) is 20.3. The molecule has 0 bridgehead atoms. The molecule has 0 saturated heterocycles. The highest BCUT2D eigenvalue weighted by atomic mass is 32.5. The average molecular weight is 368 g/mol. The van der Waals surface area contributed by atoms with Crippen LogP contribution in [-0.2, 0) is 32.2 Å². The van der Waals surface area contributed by atoms with Gasteiger partial charge in [0.05, 0.1) is 5.56 Å². The Bertz CT molecular complexity index is 749. The molecule has 0 fully saturated rings. The van der Waals surface area contributed by atoms with E-state index in [2.05, 4.69) is 9.97 Å². The number of carbonyl (C=O) groups excluding carboxylic acids is 1. The number of rotatable bonds is 7. The van der Waals surface area contributed by atoms with Crippen LogP contribution >= 0.6 is 6.72 Å². The molecule has 0 amide bonds. The van der Waals surface area contributed by atoms with E-state index in [1.165, 1.54) is 14.2 Å². The number of benzene rings is 1. The molecule has 7 nitrogen and oxygen atoms in total. The summed E-state index contributed by atoms with van der Waals surface area (Å²) in [5.74, 6) is 0.0467. The Balaban J connectivity index is 2.08. The van der Waals surface area contributed by atoms with Crippen molar-refractivity contribution < 1.29 is 23.1 Å². The van der Waals surface area contributed by atoms with E-state index in [4.69, 9.17) is 30.1 Å². The molecule has 0 saturated carbocycles. The number of hydrogen-bond acceptors (Lipinski definition) is 8. The number of hydrogen-bond donors (Lipinski definition) is 0. The number of carbonyl (C=O) groups is 1. The second-order valence-electron chi connectivity index (χ2n) is 4.61. The lowest BCUT2D eigenvalue weighted by molar-refractivity contribution is 0.0461. The van der Waals surface area contributed by atoms with Crippen molar-refractivity contribution in [3.63, 3.8) is 0 Å². The van der Waals surface area contributed by atoms with Crippen LogP contribution < -0.4 is 4.52 Å². The van der Waals surface area contributed by atoms with Gasteiger partial charge in [0.2, 0.25) is 5.88 Å². The van der Waals surface area contributed by atoms with E-state index in [1.54, 1.807) is 37.3 Å². The Hall–Kier alpha value is -1.86. The van der Waals surface area contributed by atoms with Crippen LogP contribution in [0.5, 0.6) is 5.88 Å². The minimum absolute atomic E-state index is 0.0887. The van der Waals surface area contributed by atoms with E-state index < -0.39 is 12.7 Å². The molecule has 0 unspecified atom stereocenters. The minimum Gasteiger partial charge on any atom is -0.454 e. The normalized spacial score (nSPS) is 11.1. The molecule has 1 heterocycles. The van der Waals surface area contributed by atoms with E-state index >= 15 is 0 Å². The Morgan fingerprint density at radius 1 is 1.17 bits per heavy atom. The molecular formula is C15H17N2O5PS. The average Bonchev–Trinajstić information content (AvgIpc) is 2.60. The summed E-state index contributed by atoms with van der Waals surface area (Å²) in [5.41, 5.74) is 1.09. The summed E-state index contributed by atoms with van der Waals surface area (Å²) < 4.78 is 20.8. The molecule has 0 radical (unpaired) electrons. The third-order valence-corrected chi connectivity index (χ3v) is 5.29. The van der Waals surface area contributed by atoms with E-state index in [1.807, 2.05) is 6.07 Å². The van der Waals surface area contributed by atoms with E-state index in [0.717, 1.165) is 0 Å². The molecule has 2 rings (SSSR count). The molecule has 0 aliphatic heterocycles. The predicted octanol–water partition coefficient (Wildman–Crippen LogP) is 3.04. The van der Waals surface area contributed by atoms with Crippen molar-refractivity contribution in [1.82, 2.24) is 9.97 Å². The summed E-state index contributed by atoms with van der Waals surface area (Å²) in [6.45, 7) is -1.22. The molecule has 24 heavy (non-hydrogen) atoms. The first-order valence-corrected chi connectivity index (χ1v) is 9.49. The fraction of sp³-hybridized carbons (Fsp3) is 0.267. The highest BCUT2D eigenvalue weighted by Crippen LogP contribution is 2.47. The number of esters is 1. The summed E-state index contributed by atoms with van der Waals surface area (Å²) in [7, 11) is 2.81. The third-order valence-electron chi connectivity index (χ3n) is 2.87. The summed E-state index contributed by atoms with van der Waals surface area (Å²) >= 11 is 5.14. The maximum atomic E-state index is 11.9. The van der Waals surface area contributed by atoms with Gasteiger partial charge in [-0.05, 0) is 19.1 Å². The first-order valence-electron chi connectivity index (χ1n) is 6.93. The SMILES string of the molecule is COP(=S)(OC)Oc1cc(C)nc(COC(=O)c2ccccc2)n1. The van der Waals surface area contributed by atoms with Crippen molar-refractivity contribution in [2.45, 2.75) is 13.5 Å². The molecule has 0 spiro atoms. The number of nitrogens with zero attached hydrogens (tertiary/aromatic N) is 2. The lowest BCUT2D eigenvalue weighted by Crippen LogP contribution is -2.09. The van der Waals surface area contributed by atoms with Crippen molar-refractivity contribution in [1.29, 1.82) is 0 Å². The summed E-state index contributed by atoms with van der Waals surface area (Å²) in [6.07, 6.45) is 0.